The summed E-state index contributed by atoms with van der Waals surface area (Å²) in [6.45, 7) is 7.70. The van der Waals surface area contributed by atoms with Gasteiger partial charge in [-0.3, -0.25) is 9.69 Å². The molecule has 1 saturated heterocycles. The third kappa shape index (κ3) is 4.81. The maximum atomic E-state index is 12.5. The van der Waals surface area contributed by atoms with E-state index in [0.717, 1.165) is 44.5 Å². The molecular formula is C20H31N3O2. The molecular weight excluding hydrogens is 314 g/mol. The van der Waals surface area contributed by atoms with E-state index in [1.54, 1.807) is 0 Å². The van der Waals surface area contributed by atoms with Gasteiger partial charge < -0.3 is 15.8 Å². The molecule has 1 aromatic rings. The highest BCUT2D eigenvalue weighted by molar-refractivity contribution is 5.94. The van der Waals surface area contributed by atoms with Crippen LogP contribution in [0.2, 0.25) is 0 Å². The quantitative estimate of drug-likeness (QED) is 0.858. The Bertz CT molecular complexity index is 565. The zero-order valence-electron chi connectivity index (χ0n) is 15.4. The van der Waals surface area contributed by atoms with E-state index in [4.69, 9.17) is 10.5 Å². The molecule has 1 aliphatic heterocycles. The van der Waals surface area contributed by atoms with E-state index in [9.17, 15) is 4.79 Å². The highest BCUT2D eigenvalue weighted by Crippen LogP contribution is 2.25. The number of nitrogens with zero attached hydrogens (tertiary/aromatic N) is 1. The third-order valence-corrected chi connectivity index (χ3v) is 5.40. The summed E-state index contributed by atoms with van der Waals surface area (Å²) in [6.07, 6.45) is 3.87. The normalized spacial score (nSPS) is 30.4. The number of rotatable bonds is 5. The number of benzene rings is 1. The molecule has 2 aliphatic rings. The Labute approximate surface area is 150 Å². The molecule has 5 heteroatoms. The van der Waals surface area contributed by atoms with Crippen molar-refractivity contribution in [2.24, 2.45) is 11.7 Å². The molecule has 0 unspecified atom stereocenters. The summed E-state index contributed by atoms with van der Waals surface area (Å²) in [6, 6.07) is 8.23. The Hall–Kier alpha value is -1.43. The van der Waals surface area contributed by atoms with Crippen molar-refractivity contribution in [2.75, 3.05) is 19.6 Å². The largest absolute Gasteiger partial charge is 0.373 e. The molecule has 0 spiro atoms. The van der Waals surface area contributed by atoms with Crippen molar-refractivity contribution < 1.29 is 9.53 Å². The summed E-state index contributed by atoms with van der Waals surface area (Å²) in [7, 11) is 0. The number of hydrogen-bond donors (Lipinski definition) is 2. The molecule has 1 aliphatic carbocycles. The van der Waals surface area contributed by atoms with Crippen molar-refractivity contribution in [2.45, 2.75) is 57.9 Å². The van der Waals surface area contributed by atoms with Crippen LogP contribution in [0.3, 0.4) is 0 Å². The molecule has 1 aromatic carbocycles. The third-order valence-electron chi connectivity index (χ3n) is 5.40. The first kappa shape index (κ1) is 18.4. The van der Waals surface area contributed by atoms with Gasteiger partial charge in [0.1, 0.15) is 0 Å². The van der Waals surface area contributed by atoms with E-state index < -0.39 is 0 Å². The molecule has 138 valence electrons. The average Bonchev–Trinajstić information content (AvgIpc) is 3.01. The van der Waals surface area contributed by atoms with Gasteiger partial charge in [-0.15, -0.1) is 0 Å². The van der Waals surface area contributed by atoms with Crippen LogP contribution >= 0.6 is 0 Å². The van der Waals surface area contributed by atoms with Gasteiger partial charge in [-0.05, 0) is 56.8 Å². The first-order chi connectivity index (χ1) is 12.0. The van der Waals surface area contributed by atoms with Gasteiger partial charge in [-0.2, -0.15) is 0 Å². The van der Waals surface area contributed by atoms with Crippen molar-refractivity contribution in [3.05, 3.63) is 35.4 Å². The van der Waals surface area contributed by atoms with E-state index in [-0.39, 0.29) is 24.2 Å². The zero-order valence-corrected chi connectivity index (χ0v) is 15.4. The van der Waals surface area contributed by atoms with Crippen LogP contribution in [0.4, 0.5) is 0 Å². The topological polar surface area (TPSA) is 67.6 Å². The highest BCUT2D eigenvalue weighted by atomic mass is 16.5. The van der Waals surface area contributed by atoms with Crippen molar-refractivity contribution in [1.29, 1.82) is 0 Å². The lowest BCUT2D eigenvalue weighted by molar-refractivity contribution is -0.0704. The highest BCUT2D eigenvalue weighted by Gasteiger charge is 2.27. The van der Waals surface area contributed by atoms with E-state index in [1.165, 1.54) is 5.56 Å². The lowest BCUT2D eigenvalue weighted by Gasteiger charge is -2.35. The number of nitrogens with one attached hydrogen (secondary N) is 1. The van der Waals surface area contributed by atoms with Crippen molar-refractivity contribution in [3.8, 4) is 0 Å². The van der Waals surface area contributed by atoms with Crippen LogP contribution in [-0.2, 0) is 11.3 Å². The number of morpholine rings is 1. The van der Waals surface area contributed by atoms with Crippen molar-refractivity contribution in [3.63, 3.8) is 0 Å². The summed E-state index contributed by atoms with van der Waals surface area (Å²) in [5.41, 5.74) is 7.77. The number of nitrogens with two attached hydrogens (primary N) is 1. The van der Waals surface area contributed by atoms with Crippen LogP contribution in [0, 0.1) is 5.92 Å². The summed E-state index contributed by atoms with van der Waals surface area (Å²) >= 11 is 0. The van der Waals surface area contributed by atoms with E-state index in [2.05, 4.69) is 36.2 Å². The van der Waals surface area contributed by atoms with Gasteiger partial charge in [-0.1, -0.05) is 18.6 Å². The van der Waals surface area contributed by atoms with Crippen LogP contribution in [0.1, 0.15) is 49.0 Å². The Morgan fingerprint density at radius 3 is 2.52 bits per heavy atom. The monoisotopic (exact) mass is 345 g/mol. The number of amides is 1. The zero-order chi connectivity index (χ0) is 17.8. The van der Waals surface area contributed by atoms with Gasteiger partial charge in [0.15, 0.2) is 0 Å². The number of hydrogen-bond acceptors (Lipinski definition) is 4. The van der Waals surface area contributed by atoms with Crippen molar-refractivity contribution in [1.82, 2.24) is 10.2 Å². The Balaban J connectivity index is 1.55. The minimum Gasteiger partial charge on any atom is -0.373 e. The predicted molar refractivity (Wildman–Crippen MR) is 99.4 cm³/mol. The minimum absolute atomic E-state index is 0.0190. The van der Waals surface area contributed by atoms with Crippen LogP contribution in [0.5, 0.6) is 0 Å². The van der Waals surface area contributed by atoms with Gasteiger partial charge in [0.2, 0.25) is 0 Å². The van der Waals surface area contributed by atoms with Gasteiger partial charge in [0.05, 0.1) is 12.2 Å². The molecule has 2 fully saturated rings. The molecule has 1 saturated carbocycles. The van der Waals surface area contributed by atoms with E-state index >= 15 is 0 Å². The van der Waals surface area contributed by atoms with Crippen LogP contribution < -0.4 is 11.1 Å². The van der Waals surface area contributed by atoms with Crippen molar-refractivity contribution >= 4 is 5.91 Å². The Morgan fingerprint density at radius 2 is 1.88 bits per heavy atom. The van der Waals surface area contributed by atoms with Crippen LogP contribution in [-0.4, -0.2) is 48.7 Å². The maximum absolute atomic E-state index is 12.5. The molecule has 0 radical (unpaired) electrons. The standard InChI is InChI=1S/C20H31N3O2/c1-14-11-23(12-15(2)25-14)13-16-6-8-17(9-7-16)20(24)22-19-5-3-4-18(19)10-21/h6-9,14-15,18-19H,3-5,10-13,21H2,1-2H3,(H,22,24)/t14-,15+,18-,19+/m0/s1. The molecule has 1 heterocycles. The Morgan fingerprint density at radius 1 is 1.20 bits per heavy atom. The summed E-state index contributed by atoms with van der Waals surface area (Å²) in [5, 5.41) is 3.16. The van der Waals surface area contributed by atoms with Gasteiger partial charge in [-0.25, -0.2) is 0 Å². The lowest BCUT2D eigenvalue weighted by atomic mass is 10.0. The maximum Gasteiger partial charge on any atom is 0.251 e. The van der Waals surface area contributed by atoms with Gasteiger partial charge in [0, 0.05) is 31.2 Å². The predicted octanol–water partition coefficient (Wildman–Crippen LogP) is 2.15. The molecule has 3 rings (SSSR count). The second kappa shape index (κ2) is 8.30. The first-order valence-corrected chi connectivity index (χ1v) is 9.53. The second-order valence-corrected chi connectivity index (χ2v) is 7.65. The summed E-state index contributed by atoms with van der Waals surface area (Å²) in [5.74, 6) is 0.444. The van der Waals surface area contributed by atoms with E-state index in [0.29, 0.717) is 12.5 Å². The van der Waals surface area contributed by atoms with Gasteiger partial charge in [0.25, 0.3) is 5.91 Å². The smallest absolute Gasteiger partial charge is 0.251 e. The average molecular weight is 345 g/mol. The number of ether oxygens (including phenoxy) is 1. The summed E-state index contributed by atoms with van der Waals surface area (Å²) < 4.78 is 5.78. The first-order valence-electron chi connectivity index (χ1n) is 9.53. The Kier molecular flexibility index (Phi) is 6.10. The molecule has 1 amide bonds. The van der Waals surface area contributed by atoms with Gasteiger partial charge >= 0.3 is 0 Å². The fourth-order valence-electron chi connectivity index (χ4n) is 4.19. The lowest BCUT2D eigenvalue weighted by Crippen LogP contribution is -2.44. The van der Waals surface area contributed by atoms with E-state index in [1.807, 2.05) is 12.1 Å². The summed E-state index contributed by atoms with van der Waals surface area (Å²) in [4.78, 5) is 14.9. The molecule has 4 atom stereocenters. The molecule has 25 heavy (non-hydrogen) atoms. The molecule has 5 nitrogen and oxygen atoms in total. The number of carbonyl (C=O) groups excluding carboxylic acids is 1. The minimum atomic E-state index is 0.0190. The number of carbonyl (C=O) groups is 1. The fraction of sp³-hybridized carbons (Fsp3) is 0.650. The SMILES string of the molecule is C[C@@H]1CN(Cc2ccc(C(=O)N[C@@H]3CCC[C@H]3CN)cc2)C[C@H](C)O1. The van der Waals surface area contributed by atoms with Crippen LogP contribution in [0.25, 0.3) is 0 Å². The molecule has 3 N–H and O–H groups in total. The molecule has 0 aromatic heterocycles. The second-order valence-electron chi connectivity index (χ2n) is 7.65. The fourth-order valence-corrected chi connectivity index (χ4v) is 4.19. The molecule has 0 bridgehead atoms. The van der Waals surface area contributed by atoms with Crippen LogP contribution in [0.15, 0.2) is 24.3 Å².